The van der Waals surface area contributed by atoms with Crippen molar-refractivity contribution >= 4 is 39.9 Å². The van der Waals surface area contributed by atoms with Crippen LogP contribution in [0, 0.1) is 0 Å². The zero-order valence-electron chi connectivity index (χ0n) is 21.8. The highest BCUT2D eigenvalue weighted by molar-refractivity contribution is 7.86. The predicted octanol–water partition coefficient (Wildman–Crippen LogP) is 3.99. The summed E-state index contributed by atoms with van der Waals surface area (Å²) in [6.07, 6.45) is -0.432. The Morgan fingerprint density at radius 1 is 1.02 bits per heavy atom. The highest BCUT2D eigenvalue weighted by atomic mass is 32.2. The third-order valence-corrected chi connectivity index (χ3v) is 7.84. The van der Waals surface area contributed by atoms with Gasteiger partial charge in [0, 0.05) is 28.6 Å². The molecule has 13 heteroatoms. The van der Waals surface area contributed by atoms with E-state index in [4.69, 9.17) is 9.47 Å². The quantitative estimate of drug-likeness (QED) is 0.463. The van der Waals surface area contributed by atoms with E-state index in [9.17, 15) is 31.8 Å². The maximum Gasteiger partial charge on any atom is 0.418 e. The Morgan fingerprint density at radius 3 is 2.45 bits per heavy atom. The number of rotatable bonds is 9. The van der Waals surface area contributed by atoms with Crippen molar-refractivity contribution in [3.8, 4) is 11.5 Å². The van der Waals surface area contributed by atoms with Crippen LogP contribution in [0.3, 0.4) is 0 Å². The number of anilines is 2. The lowest BCUT2D eigenvalue weighted by Crippen LogP contribution is -2.52. The van der Waals surface area contributed by atoms with E-state index in [-0.39, 0.29) is 12.8 Å². The van der Waals surface area contributed by atoms with Crippen molar-refractivity contribution in [2.45, 2.75) is 57.3 Å². The van der Waals surface area contributed by atoms with Crippen LogP contribution in [0.5, 0.6) is 11.5 Å². The van der Waals surface area contributed by atoms with Crippen molar-refractivity contribution < 1.29 is 41.2 Å². The zero-order chi connectivity index (χ0) is 28.9. The van der Waals surface area contributed by atoms with Crippen LogP contribution in [0.2, 0.25) is 0 Å². The molecular formula is C27H30F3N3O6S. The topological polar surface area (TPSA) is 114 Å². The minimum Gasteiger partial charge on any atom is -0.454 e. The summed E-state index contributed by atoms with van der Waals surface area (Å²) in [7, 11) is -2.08. The van der Waals surface area contributed by atoms with E-state index in [0.29, 0.717) is 17.2 Å². The second-order valence-corrected chi connectivity index (χ2v) is 11.1. The van der Waals surface area contributed by atoms with E-state index >= 15 is 0 Å². The number of benzene rings is 2. The molecule has 1 aliphatic carbocycles. The molecule has 1 fully saturated rings. The number of hydrogen-bond donors (Lipinski definition) is 2. The molecule has 0 spiro atoms. The van der Waals surface area contributed by atoms with Gasteiger partial charge in [0.05, 0.1) is 11.3 Å². The first-order valence-electron chi connectivity index (χ1n) is 12.9. The van der Waals surface area contributed by atoms with Crippen molar-refractivity contribution in [1.82, 2.24) is 5.32 Å². The Morgan fingerprint density at radius 2 is 1.73 bits per heavy atom. The predicted molar refractivity (Wildman–Crippen MR) is 142 cm³/mol. The van der Waals surface area contributed by atoms with Gasteiger partial charge in [0.2, 0.25) is 24.5 Å². The lowest BCUT2D eigenvalue weighted by Gasteiger charge is -2.32. The van der Waals surface area contributed by atoms with Crippen LogP contribution in [0.4, 0.5) is 24.5 Å². The van der Waals surface area contributed by atoms with Gasteiger partial charge < -0.3 is 20.1 Å². The van der Waals surface area contributed by atoms with Crippen molar-refractivity contribution in [2.75, 3.05) is 28.5 Å². The van der Waals surface area contributed by atoms with E-state index in [1.807, 2.05) is 0 Å². The molecule has 2 aromatic rings. The molecule has 1 saturated carbocycles. The van der Waals surface area contributed by atoms with Gasteiger partial charge in [0.1, 0.15) is 17.5 Å². The maximum atomic E-state index is 13.9. The Labute approximate surface area is 231 Å². The Bertz CT molecular complexity index is 1280. The first kappa shape index (κ1) is 29.4. The first-order valence-corrected chi connectivity index (χ1v) is 14.3. The lowest BCUT2D eigenvalue weighted by atomic mass is 9.95. The number of carbonyl (C=O) groups is 3. The maximum absolute atomic E-state index is 13.9. The monoisotopic (exact) mass is 581 g/mol. The molecule has 9 nitrogen and oxygen atoms in total. The number of fused-ring (bicyclic) bond motifs is 1. The second kappa shape index (κ2) is 12.7. The van der Waals surface area contributed by atoms with Crippen LogP contribution < -0.4 is 25.0 Å². The van der Waals surface area contributed by atoms with E-state index in [0.717, 1.165) is 49.1 Å². The van der Waals surface area contributed by atoms with E-state index in [1.54, 1.807) is 12.1 Å². The van der Waals surface area contributed by atoms with Crippen molar-refractivity contribution in [3.63, 3.8) is 0 Å². The first-order chi connectivity index (χ1) is 19.0. The Hall–Kier alpha value is -3.61. The van der Waals surface area contributed by atoms with Crippen LogP contribution >= 0.6 is 0 Å². The lowest BCUT2D eigenvalue weighted by molar-refractivity contribution is -0.137. The number of amides is 3. The molecule has 0 unspecified atom stereocenters. The number of carbonyl (C=O) groups excluding carboxylic acids is 3. The van der Waals surface area contributed by atoms with E-state index < -0.39 is 63.5 Å². The number of ether oxygens (including phenoxy) is 2. The summed E-state index contributed by atoms with van der Waals surface area (Å²) in [5, 5.41) is 5.39. The van der Waals surface area contributed by atoms with Gasteiger partial charge >= 0.3 is 6.18 Å². The SMILES string of the molecule is C[C@@H](C(=O)NC1CCCCC1)N(C(=O)C[S@@](=O)CC(=O)Nc1ccc2c(c1)OCO2)c1ccccc1C(F)(F)F. The van der Waals surface area contributed by atoms with E-state index in [2.05, 4.69) is 10.6 Å². The van der Waals surface area contributed by atoms with Gasteiger partial charge in [-0.05, 0) is 44.0 Å². The van der Waals surface area contributed by atoms with Crippen LogP contribution in [-0.2, 0) is 31.4 Å². The molecule has 0 bridgehead atoms. The summed E-state index contributed by atoms with van der Waals surface area (Å²) in [5.74, 6) is -2.67. The van der Waals surface area contributed by atoms with Crippen molar-refractivity contribution in [2.24, 2.45) is 0 Å². The normalized spacial score (nSPS) is 16.6. The average molecular weight is 582 g/mol. The molecule has 0 saturated heterocycles. The molecule has 216 valence electrons. The fraction of sp³-hybridized carbons (Fsp3) is 0.444. The number of halogens is 3. The van der Waals surface area contributed by atoms with Gasteiger partial charge in [-0.3, -0.25) is 23.5 Å². The van der Waals surface area contributed by atoms with Crippen molar-refractivity contribution in [3.05, 3.63) is 48.0 Å². The summed E-state index contributed by atoms with van der Waals surface area (Å²) in [4.78, 5) is 39.7. The molecule has 0 aromatic heterocycles. The van der Waals surface area contributed by atoms with Gasteiger partial charge in [0.15, 0.2) is 11.5 Å². The van der Waals surface area contributed by atoms with Crippen LogP contribution in [0.15, 0.2) is 42.5 Å². The molecule has 2 N–H and O–H groups in total. The highest BCUT2D eigenvalue weighted by Gasteiger charge is 2.39. The standard InChI is InChI=1S/C27H30F3N3O6S/c1-17(26(36)32-18-7-3-2-4-8-18)33(21-10-6-5-9-20(21)27(28,29)30)25(35)15-40(37)14-24(34)31-19-11-12-22-23(13-19)39-16-38-22/h5-6,9-13,17-18H,2-4,7-8,14-16H2,1H3,(H,31,34)(H,32,36)/t17-,40-/m0/s1. The van der Waals surface area contributed by atoms with Gasteiger partial charge in [-0.2, -0.15) is 13.2 Å². The smallest absolute Gasteiger partial charge is 0.418 e. The number of alkyl halides is 3. The number of nitrogens with zero attached hydrogens (tertiary/aromatic N) is 1. The largest absolute Gasteiger partial charge is 0.454 e. The molecule has 2 aromatic carbocycles. The number of nitrogens with one attached hydrogen (secondary N) is 2. The third-order valence-electron chi connectivity index (χ3n) is 6.69. The molecular weight excluding hydrogens is 551 g/mol. The fourth-order valence-electron chi connectivity index (χ4n) is 4.74. The summed E-state index contributed by atoms with van der Waals surface area (Å²) in [5.41, 5.74) is -1.27. The summed E-state index contributed by atoms with van der Waals surface area (Å²) in [6.45, 7) is 1.38. The van der Waals surface area contributed by atoms with Crippen molar-refractivity contribution in [1.29, 1.82) is 0 Å². The minimum absolute atomic E-state index is 0.0456. The van der Waals surface area contributed by atoms with Gasteiger partial charge in [-0.25, -0.2) is 0 Å². The van der Waals surface area contributed by atoms with Gasteiger partial charge in [-0.1, -0.05) is 31.4 Å². The third kappa shape index (κ3) is 7.32. The number of para-hydroxylation sites is 1. The zero-order valence-corrected chi connectivity index (χ0v) is 22.6. The molecule has 0 radical (unpaired) electrons. The molecule has 3 amide bonds. The summed E-state index contributed by atoms with van der Waals surface area (Å²) < 4.78 is 64.9. The van der Waals surface area contributed by atoms with Crippen LogP contribution in [0.1, 0.15) is 44.6 Å². The molecule has 2 atom stereocenters. The molecule has 40 heavy (non-hydrogen) atoms. The summed E-state index contributed by atoms with van der Waals surface area (Å²) >= 11 is 0. The Balaban J connectivity index is 1.48. The summed E-state index contributed by atoms with van der Waals surface area (Å²) in [6, 6.07) is 7.64. The number of hydrogen-bond acceptors (Lipinski definition) is 6. The van der Waals surface area contributed by atoms with Gasteiger partial charge in [0.25, 0.3) is 0 Å². The molecule has 1 aliphatic heterocycles. The molecule has 4 rings (SSSR count). The van der Waals surface area contributed by atoms with Crippen LogP contribution in [0.25, 0.3) is 0 Å². The highest BCUT2D eigenvalue weighted by Crippen LogP contribution is 2.37. The minimum atomic E-state index is -4.81. The Kier molecular flexibility index (Phi) is 9.33. The van der Waals surface area contributed by atoms with Crippen LogP contribution in [-0.4, -0.2) is 52.3 Å². The molecule has 1 heterocycles. The van der Waals surface area contributed by atoms with E-state index in [1.165, 1.54) is 25.1 Å². The average Bonchev–Trinajstić information content (AvgIpc) is 3.37. The fourth-order valence-corrected chi connectivity index (χ4v) is 5.63. The van der Waals surface area contributed by atoms with Gasteiger partial charge in [-0.15, -0.1) is 0 Å². The second-order valence-electron chi connectivity index (χ2n) is 9.64. The molecule has 2 aliphatic rings.